The number of hydrogen-bond donors (Lipinski definition) is 1. The van der Waals surface area contributed by atoms with Gasteiger partial charge in [0.1, 0.15) is 14.7 Å². The number of ketones is 1. The molecule has 4 heterocycles. The molecule has 0 fully saturated rings. The number of carbonyl (C=O) groups excluding carboxylic acids is 3. The van der Waals surface area contributed by atoms with E-state index >= 15 is 0 Å². The van der Waals surface area contributed by atoms with Crippen LogP contribution in [0, 0.1) is 0 Å². The highest BCUT2D eigenvalue weighted by Gasteiger charge is 2.34. The highest BCUT2D eigenvalue weighted by Crippen LogP contribution is 2.33. The molecule has 0 saturated heterocycles. The van der Waals surface area contributed by atoms with E-state index in [0.29, 0.717) is 16.9 Å². The van der Waals surface area contributed by atoms with E-state index in [-0.39, 0.29) is 50.4 Å². The van der Waals surface area contributed by atoms with Crippen LogP contribution in [-0.2, 0) is 38.6 Å². The van der Waals surface area contributed by atoms with Crippen molar-refractivity contribution in [2.75, 3.05) is 48.3 Å². The van der Waals surface area contributed by atoms with Gasteiger partial charge >= 0.3 is 11.9 Å². The third-order valence-electron chi connectivity index (χ3n) is 8.80. The van der Waals surface area contributed by atoms with Gasteiger partial charge in [0.25, 0.3) is 29.1 Å². The standard InChI is InChI=1S/C15H16N2O4S.C13H10N2O3S.C8H8ClNO4S.C7H9N/c1-3-21-15(18)13-9-10-16-11-14(13)22(19,20)17(2)12-7-5-4-6-8-12;1-15-11-5-3-2-4-9(11)13(16)10-6-7-14-8-12(10)19(15,17)18;1-2-14-8(11)6-3-4-10-5-7(6)15(9,12)13;1-8-7-5-3-2-4-6-7/h4-11H,3H2,1-2H3;2-8H,1H3;3-5H,2H2,1H3;2-6,8H,1H3. The third-order valence-corrected chi connectivity index (χ3v) is 13.8. The van der Waals surface area contributed by atoms with Crippen molar-refractivity contribution in [2.24, 2.45) is 0 Å². The second-order valence-electron chi connectivity index (χ2n) is 12.7. The van der Waals surface area contributed by atoms with E-state index in [0.717, 1.165) is 26.7 Å². The SMILES string of the molecule is CCOC(=O)c1ccncc1S(=O)(=O)Cl.CCOC(=O)c1ccncc1S(=O)(=O)N(C)c1ccccc1.CN1c2ccccc2C(=O)c2ccncc2S1(=O)=O.CNc1ccccc1. The third kappa shape index (κ3) is 12.2. The number of ether oxygens (including phenoxy) is 2. The van der Waals surface area contributed by atoms with Crippen LogP contribution in [0.3, 0.4) is 0 Å². The summed E-state index contributed by atoms with van der Waals surface area (Å²) in [5.74, 6) is -1.73. The summed E-state index contributed by atoms with van der Waals surface area (Å²) in [4.78, 5) is 46.3. The molecule has 0 spiro atoms. The van der Waals surface area contributed by atoms with Crippen molar-refractivity contribution in [2.45, 2.75) is 28.5 Å². The second kappa shape index (κ2) is 22.6. The first-order valence-corrected chi connectivity index (χ1v) is 24.1. The van der Waals surface area contributed by atoms with Crippen molar-refractivity contribution in [3.8, 4) is 0 Å². The number of anilines is 3. The van der Waals surface area contributed by atoms with Crippen LogP contribution in [-0.4, -0.2) is 92.3 Å². The van der Waals surface area contributed by atoms with Gasteiger partial charge in [0.2, 0.25) is 0 Å². The smallest absolute Gasteiger partial charge is 0.339 e. The number of sulfonamides is 2. The number of halogens is 1. The van der Waals surface area contributed by atoms with Crippen LogP contribution < -0.4 is 13.9 Å². The first-order chi connectivity index (χ1) is 30.4. The van der Waals surface area contributed by atoms with Crippen LogP contribution in [0.4, 0.5) is 17.1 Å². The van der Waals surface area contributed by atoms with Gasteiger partial charge in [-0.25, -0.2) is 34.8 Å². The molecule has 0 unspecified atom stereocenters. The molecule has 1 N–H and O–H groups in total. The molecule has 336 valence electrons. The van der Waals surface area contributed by atoms with Crippen LogP contribution in [0.5, 0.6) is 0 Å². The normalized spacial score (nSPS) is 12.3. The molecular weight excluding hydrogens is 908 g/mol. The predicted octanol–water partition coefficient (Wildman–Crippen LogP) is 6.45. The van der Waals surface area contributed by atoms with Crippen molar-refractivity contribution in [1.82, 2.24) is 15.0 Å². The van der Waals surface area contributed by atoms with E-state index in [2.05, 4.69) is 25.0 Å². The molecule has 3 aromatic heterocycles. The Bertz CT molecular complexity index is 2910. The van der Waals surface area contributed by atoms with Gasteiger partial charge in [0.05, 0.1) is 35.7 Å². The largest absolute Gasteiger partial charge is 0.462 e. The molecule has 64 heavy (non-hydrogen) atoms. The number of nitrogens with zero attached hydrogens (tertiary/aromatic N) is 5. The van der Waals surface area contributed by atoms with Crippen molar-refractivity contribution in [1.29, 1.82) is 0 Å². The summed E-state index contributed by atoms with van der Waals surface area (Å²) in [5, 5.41) is 3.03. The lowest BCUT2D eigenvalue weighted by Crippen LogP contribution is -2.28. The minimum atomic E-state index is -3.99. The maximum absolute atomic E-state index is 12.7. The van der Waals surface area contributed by atoms with Crippen molar-refractivity contribution < 1.29 is 49.1 Å². The maximum Gasteiger partial charge on any atom is 0.339 e. The number of hydrogen-bond acceptors (Lipinski definition) is 15. The fourth-order valence-electron chi connectivity index (χ4n) is 5.58. The Balaban J connectivity index is 0.000000196. The highest BCUT2D eigenvalue weighted by molar-refractivity contribution is 8.13. The zero-order chi connectivity index (χ0) is 47.1. The summed E-state index contributed by atoms with van der Waals surface area (Å²) in [5.41, 5.74) is 2.42. The minimum absolute atomic E-state index is 0.0281. The Labute approximate surface area is 376 Å². The molecular formula is C43H43ClN6O11S3. The van der Waals surface area contributed by atoms with Gasteiger partial charge in [-0.05, 0) is 68.4 Å². The predicted molar refractivity (Wildman–Crippen MR) is 241 cm³/mol. The van der Waals surface area contributed by atoms with E-state index in [4.69, 9.17) is 15.4 Å². The Morgan fingerprint density at radius 2 is 1.19 bits per heavy atom. The lowest BCUT2D eigenvalue weighted by molar-refractivity contribution is 0.0512. The van der Waals surface area contributed by atoms with Crippen LogP contribution in [0.1, 0.15) is 50.5 Å². The Hall–Kier alpha value is -6.74. The molecule has 0 atom stereocenters. The van der Waals surface area contributed by atoms with Crippen molar-refractivity contribution >= 4 is 74.6 Å². The Kier molecular flexibility index (Phi) is 17.6. The minimum Gasteiger partial charge on any atom is -0.462 e. The summed E-state index contributed by atoms with van der Waals surface area (Å²) >= 11 is 0. The molecule has 0 aliphatic carbocycles. The quantitative estimate of drug-likeness (QED) is 0.121. The summed E-state index contributed by atoms with van der Waals surface area (Å²) in [6, 6.07) is 29.3. The number of para-hydroxylation sites is 3. The molecule has 1 aliphatic rings. The summed E-state index contributed by atoms with van der Waals surface area (Å²) in [6.07, 6.45) is 7.44. The average Bonchev–Trinajstić information content (AvgIpc) is 3.37. The van der Waals surface area contributed by atoms with Crippen LogP contribution in [0.25, 0.3) is 0 Å². The highest BCUT2D eigenvalue weighted by atomic mass is 35.7. The van der Waals surface area contributed by atoms with Crippen LogP contribution in [0.2, 0.25) is 0 Å². The molecule has 0 radical (unpaired) electrons. The number of nitrogens with one attached hydrogen (secondary N) is 1. The monoisotopic (exact) mass is 950 g/mol. The van der Waals surface area contributed by atoms with Gasteiger partial charge < -0.3 is 14.8 Å². The molecule has 7 rings (SSSR count). The fourth-order valence-corrected chi connectivity index (χ4v) is 9.21. The van der Waals surface area contributed by atoms with Gasteiger partial charge in [-0.3, -0.25) is 28.4 Å². The zero-order valence-corrected chi connectivity index (χ0v) is 38.2. The van der Waals surface area contributed by atoms with Crippen LogP contribution >= 0.6 is 10.7 Å². The fraction of sp³-hybridized carbons (Fsp3) is 0.163. The number of aromatic nitrogens is 3. The Morgan fingerprint density at radius 1 is 0.703 bits per heavy atom. The first kappa shape index (κ1) is 49.9. The second-order valence-corrected chi connectivity index (χ2v) is 19.1. The van der Waals surface area contributed by atoms with Gasteiger partial charge in [-0.15, -0.1) is 0 Å². The lowest BCUT2D eigenvalue weighted by atomic mass is 10.0. The van der Waals surface area contributed by atoms with E-state index in [1.54, 1.807) is 68.4 Å². The number of esters is 2. The van der Waals surface area contributed by atoms with E-state index in [1.165, 1.54) is 57.1 Å². The number of pyridine rings is 3. The molecule has 0 bridgehead atoms. The summed E-state index contributed by atoms with van der Waals surface area (Å²) in [7, 11) is -1.76. The number of rotatable bonds is 9. The van der Waals surface area contributed by atoms with Gasteiger partial charge in [0, 0.05) is 85.8 Å². The molecule has 1 aliphatic heterocycles. The first-order valence-electron chi connectivity index (χ1n) is 18.9. The molecule has 6 aromatic rings. The van der Waals surface area contributed by atoms with Crippen molar-refractivity contribution in [3.63, 3.8) is 0 Å². The van der Waals surface area contributed by atoms with Crippen LogP contribution in [0.15, 0.2) is 155 Å². The van der Waals surface area contributed by atoms with Gasteiger partial charge in [-0.1, -0.05) is 48.5 Å². The average molecular weight is 952 g/mol. The van der Waals surface area contributed by atoms with Crippen molar-refractivity contribution in [3.05, 3.63) is 163 Å². The summed E-state index contributed by atoms with van der Waals surface area (Å²) < 4.78 is 84.4. The molecule has 0 amide bonds. The zero-order valence-electron chi connectivity index (χ0n) is 35.0. The maximum atomic E-state index is 12.7. The van der Waals surface area contributed by atoms with E-state index in [1.807, 2.05) is 37.4 Å². The van der Waals surface area contributed by atoms with Gasteiger partial charge in [-0.2, -0.15) is 0 Å². The number of benzene rings is 3. The summed E-state index contributed by atoms with van der Waals surface area (Å²) in [6.45, 7) is 3.59. The molecule has 17 nitrogen and oxygen atoms in total. The molecule has 3 aromatic carbocycles. The topological polar surface area (TPSA) is 229 Å². The molecule has 0 saturated carbocycles. The lowest BCUT2D eigenvalue weighted by Gasteiger charge is -2.20. The number of carbonyl (C=O) groups is 3. The van der Waals surface area contributed by atoms with Gasteiger partial charge in [0.15, 0.2) is 5.78 Å². The Morgan fingerprint density at radius 3 is 1.72 bits per heavy atom. The van der Waals surface area contributed by atoms with E-state index in [9.17, 15) is 39.6 Å². The van der Waals surface area contributed by atoms with E-state index < -0.39 is 41.0 Å². The molecule has 21 heteroatoms. The number of fused-ring (bicyclic) bond motifs is 2.